The minimum atomic E-state index is -0.234. The average molecular weight is 191 g/mol. The number of rotatable bonds is 4. The van der Waals surface area contributed by atoms with Gasteiger partial charge in [0, 0.05) is 11.9 Å². The number of hydrogen-bond acceptors (Lipinski definition) is 4. The second-order valence-electron chi connectivity index (χ2n) is 2.92. The molecule has 3 N–H and O–H groups in total. The Morgan fingerprint density at radius 1 is 1.64 bits per heavy atom. The zero-order valence-electron chi connectivity index (χ0n) is 7.99. The molecular weight excluding hydrogens is 178 g/mol. The lowest BCUT2D eigenvalue weighted by Gasteiger charge is -2.02. The van der Waals surface area contributed by atoms with Gasteiger partial charge in [-0.1, -0.05) is 12.1 Å². The van der Waals surface area contributed by atoms with E-state index in [0.29, 0.717) is 5.70 Å². The van der Waals surface area contributed by atoms with Crippen molar-refractivity contribution >= 4 is 5.69 Å². The highest BCUT2D eigenvalue weighted by Crippen LogP contribution is 2.09. The maximum absolute atomic E-state index is 8.74. The van der Waals surface area contributed by atoms with E-state index in [0.717, 1.165) is 11.3 Å². The molecule has 74 valence electrons. The van der Waals surface area contributed by atoms with Gasteiger partial charge in [0.15, 0.2) is 0 Å². The van der Waals surface area contributed by atoms with Crippen LogP contribution >= 0.6 is 0 Å². The Kier molecular flexibility index (Phi) is 3.82. The van der Waals surface area contributed by atoms with E-state index in [1.807, 2.05) is 31.2 Å². The SMILES string of the molecule is Cc1cccc(N/C=C(/CO)N=N)c1. The quantitative estimate of drug-likeness (QED) is 0.639. The van der Waals surface area contributed by atoms with Crippen LogP contribution < -0.4 is 5.32 Å². The molecule has 1 aromatic carbocycles. The molecule has 0 unspecified atom stereocenters. The second-order valence-corrected chi connectivity index (χ2v) is 2.92. The van der Waals surface area contributed by atoms with E-state index in [4.69, 9.17) is 10.6 Å². The molecule has 0 amide bonds. The van der Waals surface area contributed by atoms with Crippen LogP contribution in [0.1, 0.15) is 5.56 Å². The minimum absolute atomic E-state index is 0.234. The molecule has 0 radical (unpaired) electrons. The van der Waals surface area contributed by atoms with Crippen molar-refractivity contribution in [2.75, 3.05) is 11.9 Å². The number of nitrogens with zero attached hydrogens (tertiary/aromatic N) is 1. The van der Waals surface area contributed by atoms with Crippen LogP contribution in [0, 0.1) is 12.5 Å². The third kappa shape index (κ3) is 2.99. The third-order valence-electron chi connectivity index (χ3n) is 1.73. The number of aliphatic hydroxyl groups is 1. The Labute approximate surface area is 82.8 Å². The predicted octanol–water partition coefficient (Wildman–Crippen LogP) is 2.27. The fourth-order valence-electron chi connectivity index (χ4n) is 1.01. The number of aryl methyl sites for hydroxylation is 1. The molecule has 0 fully saturated rings. The molecule has 0 aliphatic rings. The van der Waals surface area contributed by atoms with Crippen molar-refractivity contribution in [3.8, 4) is 0 Å². The van der Waals surface area contributed by atoms with Crippen LogP contribution in [0.15, 0.2) is 41.3 Å². The van der Waals surface area contributed by atoms with Gasteiger partial charge in [0.2, 0.25) is 0 Å². The van der Waals surface area contributed by atoms with E-state index >= 15 is 0 Å². The van der Waals surface area contributed by atoms with Crippen LogP contribution in [0.2, 0.25) is 0 Å². The van der Waals surface area contributed by atoms with Crippen LogP contribution in [0.25, 0.3) is 0 Å². The Morgan fingerprint density at radius 2 is 2.43 bits per heavy atom. The van der Waals surface area contributed by atoms with Gasteiger partial charge in [0.1, 0.15) is 5.70 Å². The average Bonchev–Trinajstić information content (AvgIpc) is 2.19. The van der Waals surface area contributed by atoms with E-state index in [1.165, 1.54) is 6.20 Å². The Hall–Kier alpha value is -1.68. The fraction of sp³-hybridized carbons (Fsp3) is 0.200. The van der Waals surface area contributed by atoms with E-state index in [9.17, 15) is 0 Å². The first kappa shape index (κ1) is 10.4. The van der Waals surface area contributed by atoms with Crippen LogP contribution in [-0.2, 0) is 0 Å². The molecule has 0 aromatic heterocycles. The van der Waals surface area contributed by atoms with Crippen molar-refractivity contribution in [1.29, 1.82) is 5.53 Å². The van der Waals surface area contributed by atoms with Crippen LogP contribution in [0.5, 0.6) is 0 Å². The molecule has 4 nitrogen and oxygen atoms in total. The highest BCUT2D eigenvalue weighted by molar-refractivity contribution is 5.47. The van der Waals surface area contributed by atoms with Gasteiger partial charge < -0.3 is 10.4 Å². The molecule has 0 saturated heterocycles. The standard InChI is InChI=1S/C10H13N3O/c1-8-3-2-4-9(5-8)12-6-10(7-14)13-11/h2-6,11-12,14H,7H2,1H3/b10-6-,13-11?. The summed E-state index contributed by atoms with van der Waals surface area (Å²) in [6, 6.07) is 7.80. The highest BCUT2D eigenvalue weighted by Gasteiger charge is 1.92. The van der Waals surface area contributed by atoms with E-state index < -0.39 is 0 Å². The normalized spacial score (nSPS) is 11.1. The number of aliphatic hydroxyl groups excluding tert-OH is 1. The first-order chi connectivity index (χ1) is 6.76. The summed E-state index contributed by atoms with van der Waals surface area (Å²) in [5.74, 6) is 0. The van der Waals surface area contributed by atoms with Gasteiger partial charge in [-0.2, -0.15) is 5.11 Å². The number of hydrogen-bond donors (Lipinski definition) is 3. The molecule has 0 atom stereocenters. The summed E-state index contributed by atoms with van der Waals surface area (Å²) in [5.41, 5.74) is 9.09. The summed E-state index contributed by atoms with van der Waals surface area (Å²) < 4.78 is 0. The van der Waals surface area contributed by atoms with Crippen molar-refractivity contribution in [3.63, 3.8) is 0 Å². The molecule has 0 aliphatic carbocycles. The molecule has 1 rings (SSSR count). The summed E-state index contributed by atoms with van der Waals surface area (Å²) in [5, 5.41) is 14.8. The lowest BCUT2D eigenvalue weighted by molar-refractivity contribution is 0.328. The van der Waals surface area contributed by atoms with Crippen molar-refractivity contribution in [2.24, 2.45) is 5.11 Å². The maximum atomic E-state index is 8.74. The van der Waals surface area contributed by atoms with Gasteiger partial charge in [-0.3, -0.25) is 0 Å². The number of anilines is 1. The summed E-state index contributed by atoms with van der Waals surface area (Å²) in [6.07, 6.45) is 1.52. The summed E-state index contributed by atoms with van der Waals surface area (Å²) in [6.45, 7) is 1.76. The highest BCUT2D eigenvalue weighted by atomic mass is 16.3. The molecule has 14 heavy (non-hydrogen) atoms. The summed E-state index contributed by atoms with van der Waals surface area (Å²) in [4.78, 5) is 0. The Morgan fingerprint density at radius 3 is 3.00 bits per heavy atom. The monoisotopic (exact) mass is 191 g/mol. The molecule has 0 spiro atoms. The Bertz CT molecular complexity index is 347. The molecule has 0 saturated carbocycles. The van der Waals surface area contributed by atoms with E-state index in [2.05, 4.69) is 10.4 Å². The zero-order valence-corrected chi connectivity index (χ0v) is 7.99. The molecule has 0 heterocycles. The molecular formula is C10H13N3O. The van der Waals surface area contributed by atoms with Gasteiger partial charge in [-0.05, 0) is 24.6 Å². The van der Waals surface area contributed by atoms with Crippen molar-refractivity contribution in [2.45, 2.75) is 6.92 Å². The van der Waals surface area contributed by atoms with Crippen molar-refractivity contribution < 1.29 is 5.11 Å². The molecule has 0 aliphatic heterocycles. The smallest absolute Gasteiger partial charge is 0.104 e. The van der Waals surface area contributed by atoms with Gasteiger partial charge in [-0.25, -0.2) is 5.53 Å². The predicted molar refractivity (Wildman–Crippen MR) is 55.1 cm³/mol. The topological polar surface area (TPSA) is 68.5 Å². The molecule has 1 aromatic rings. The number of nitrogens with one attached hydrogen (secondary N) is 2. The third-order valence-corrected chi connectivity index (χ3v) is 1.73. The van der Waals surface area contributed by atoms with Crippen LogP contribution in [0.3, 0.4) is 0 Å². The lowest BCUT2D eigenvalue weighted by atomic mass is 10.2. The number of benzene rings is 1. The van der Waals surface area contributed by atoms with Gasteiger partial charge in [-0.15, -0.1) is 0 Å². The Balaban J connectivity index is 2.69. The summed E-state index contributed by atoms with van der Waals surface area (Å²) in [7, 11) is 0. The molecule has 4 heteroatoms. The van der Waals surface area contributed by atoms with Gasteiger partial charge in [0.05, 0.1) is 6.61 Å². The zero-order chi connectivity index (χ0) is 10.4. The summed E-state index contributed by atoms with van der Waals surface area (Å²) >= 11 is 0. The minimum Gasteiger partial charge on any atom is -0.390 e. The van der Waals surface area contributed by atoms with Crippen LogP contribution in [0.4, 0.5) is 5.69 Å². The van der Waals surface area contributed by atoms with Gasteiger partial charge >= 0.3 is 0 Å². The first-order valence-corrected chi connectivity index (χ1v) is 4.27. The molecule has 0 bridgehead atoms. The maximum Gasteiger partial charge on any atom is 0.104 e. The van der Waals surface area contributed by atoms with Gasteiger partial charge in [0.25, 0.3) is 0 Å². The first-order valence-electron chi connectivity index (χ1n) is 4.27. The van der Waals surface area contributed by atoms with Crippen molar-refractivity contribution in [1.82, 2.24) is 0 Å². The van der Waals surface area contributed by atoms with E-state index in [1.54, 1.807) is 0 Å². The second kappa shape index (κ2) is 5.14. The lowest BCUT2D eigenvalue weighted by Crippen LogP contribution is -1.93. The van der Waals surface area contributed by atoms with Crippen LogP contribution in [-0.4, -0.2) is 11.7 Å². The van der Waals surface area contributed by atoms with Crippen molar-refractivity contribution in [3.05, 3.63) is 41.7 Å². The van der Waals surface area contributed by atoms with E-state index in [-0.39, 0.29) is 6.61 Å². The fourth-order valence-corrected chi connectivity index (χ4v) is 1.01. The largest absolute Gasteiger partial charge is 0.390 e.